The van der Waals surface area contributed by atoms with Gasteiger partial charge in [0.05, 0.1) is 0 Å². The molecule has 0 aliphatic heterocycles. The molecule has 0 unspecified atom stereocenters. The van der Waals surface area contributed by atoms with Gasteiger partial charge in [0.15, 0.2) is 0 Å². The number of primary amides is 1. The normalized spacial score (nSPS) is 8.25. The molecule has 0 spiro atoms. The smallest absolute Gasteiger partial charge is 0.305 e. The first-order valence-corrected chi connectivity index (χ1v) is 2.17. The fourth-order valence-electron chi connectivity index (χ4n) is 0.155. The molecule has 0 aromatic rings. The van der Waals surface area contributed by atoms with Crippen molar-refractivity contribution in [1.29, 1.82) is 0 Å². The van der Waals surface area contributed by atoms with Gasteiger partial charge in [0.2, 0.25) is 0 Å². The molecular weight excluding hydrogens is 128 g/mol. The number of likely N-dealkylation sites (N-methyl/N-ethyl adjacent to an activating group) is 1. The van der Waals surface area contributed by atoms with Crippen LogP contribution in [0.5, 0.6) is 0 Å². The molecule has 5 heteroatoms. The van der Waals surface area contributed by atoms with Gasteiger partial charge in [-0.2, -0.15) is 0 Å². The van der Waals surface area contributed by atoms with Crippen molar-refractivity contribution in [3.05, 3.63) is 0 Å². The van der Waals surface area contributed by atoms with Crippen LogP contribution in [0.3, 0.4) is 0 Å². The third-order valence-corrected chi connectivity index (χ3v) is 0.663. The second-order valence-electron chi connectivity index (χ2n) is 1.17. The molecule has 4 nitrogen and oxygen atoms in total. The second-order valence-corrected chi connectivity index (χ2v) is 1.71. The van der Waals surface area contributed by atoms with Crippen molar-refractivity contribution in [2.45, 2.75) is 0 Å². The van der Waals surface area contributed by atoms with E-state index in [4.69, 9.17) is 0 Å². The molecule has 0 atom stereocenters. The molecule has 0 aliphatic carbocycles. The molecular formula is C3H5N2O2S-. The predicted octanol–water partition coefficient (Wildman–Crippen LogP) is -1.61. The zero-order chi connectivity index (χ0) is 6.73. The van der Waals surface area contributed by atoms with Gasteiger partial charge in [-0.15, -0.1) is 0 Å². The van der Waals surface area contributed by atoms with Gasteiger partial charge in [-0.3, -0.25) is 9.59 Å². The number of amides is 2. The Hall–Kier alpha value is -0.710. The molecule has 0 radical (unpaired) electrons. The lowest BCUT2D eigenvalue weighted by Crippen LogP contribution is -2.33. The summed E-state index contributed by atoms with van der Waals surface area (Å²) < 4.78 is 0.711. The molecule has 0 rings (SSSR count). The van der Waals surface area contributed by atoms with Crippen molar-refractivity contribution >= 4 is 24.6 Å². The number of nitrogens with zero attached hydrogens (tertiary/aromatic N) is 1. The number of carbonyl (C=O) groups excluding carboxylic acids is 2. The third kappa shape index (κ3) is 1.83. The minimum atomic E-state index is -1.03. The Kier molecular flexibility index (Phi) is 2.33. The molecule has 2 N–H and O–H groups in total. The zero-order valence-corrected chi connectivity index (χ0v) is 5.07. The van der Waals surface area contributed by atoms with Gasteiger partial charge in [-0.1, -0.05) is 0 Å². The summed E-state index contributed by atoms with van der Waals surface area (Å²) >= 11 is 4.26. The number of hydrogen-bond donors (Lipinski definition) is 1. The Morgan fingerprint density at radius 1 is 1.62 bits per heavy atom. The van der Waals surface area contributed by atoms with Crippen LogP contribution in [0, 0.1) is 0 Å². The van der Waals surface area contributed by atoms with Gasteiger partial charge in [0, 0.05) is 0 Å². The first kappa shape index (κ1) is 7.29. The summed E-state index contributed by atoms with van der Waals surface area (Å²) in [6.45, 7) is 0. The average molecular weight is 133 g/mol. The highest BCUT2D eigenvalue weighted by molar-refractivity contribution is 7.56. The monoisotopic (exact) mass is 133 g/mol. The molecule has 0 heterocycles. The lowest BCUT2D eigenvalue weighted by molar-refractivity contribution is -0.140. The van der Waals surface area contributed by atoms with E-state index in [1.807, 2.05) is 0 Å². The number of hydrogen-bond acceptors (Lipinski definition) is 3. The van der Waals surface area contributed by atoms with Gasteiger partial charge >= 0.3 is 5.91 Å². The topological polar surface area (TPSA) is 63.4 Å². The van der Waals surface area contributed by atoms with E-state index in [-0.39, 0.29) is 0 Å². The molecule has 0 bridgehead atoms. The Balaban J connectivity index is 3.84. The summed E-state index contributed by atoms with van der Waals surface area (Å²) in [6, 6.07) is 0. The highest BCUT2D eigenvalue weighted by Crippen LogP contribution is 1.74. The summed E-state index contributed by atoms with van der Waals surface area (Å²) in [5.74, 6) is -1.89. The van der Waals surface area contributed by atoms with Crippen LogP contribution in [0.2, 0.25) is 0 Å². The fraction of sp³-hybridized carbons (Fsp3) is 0.333. The zero-order valence-electron chi connectivity index (χ0n) is 4.25. The molecule has 0 aliphatic rings. The molecule has 0 aromatic heterocycles. The van der Waals surface area contributed by atoms with Gasteiger partial charge < -0.3 is 22.9 Å². The molecule has 0 saturated heterocycles. The molecule has 2 amide bonds. The van der Waals surface area contributed by atoms with Crippen LogP contribution < -0.4 is 5.73 Å². The Bertz CT molecular complexity index is 122. The SMILES string of the molecule is CN([S-])C(=O)C(N)=O. The van der Waals surface area contributed by atoms with Gasteiger partial charge in [-0.25, -0.2) is 0 Å². The summed E-state index contributed by atoms with van der Waals surface area (Å²) in [7, 11) is 1.28. The molecule has 46 valence electrons. The van der Waals surface area contributed by atoms with E-state index in [0.717, 1.165) is 0 Å². The summed E-state index contributed by atoms with van der Waals surface area (Å²) in [5.41, 5.74) is 4.54. The summed E-state index contributed by atoms with van der Waals surface area (Å²) in [5, 5.41) is 0. The van der Waals surface area contributed by atoms with Crippen LogP contribution in [0.1, 0.15) is 0 Å². The van der Waals surface area contributed by atoms with Crippen molar-refractivity contribution in [2.24, 2.45) is 5.73 Å². The molecule has 0 aromatic carbocycles. The van der Waals surface area contributed by atoms with Crippen molar-refractivity contribution in [3.8, 4) is 0 Å². The van der Waals surface area contributed by atoms with E-state index in [1.165, 1.54) is 7.05 Å². The quantitative estimate of drug-likeness (QED) is 0.319. The van der Waals surface area contributed by atoms with E-state index in [1.54, 1.807) is 0 Å². The highest BCUT2D eigenvalue weighted by atomic mass is 32.1. The average Bonchev–Trinajstić information content (AvgIpc) is 1.64. The first-order valence-electron chi connectivity index (χ1n) is 1.80. The van der Waals surface area contributed by atoms with E-state index >= 15 is 0 Å². The number of nitrogens with two attached hydrogens (primary N) is 1. The maximum absolute atomic E-state index is 10.2. The lowest BCUT2D eigenvalue weighted by Gasteiger charge is -2.20. The van der Waals surface area contributed by atoms with Crippen molar-refractivity contribution in [1.82, 2.24) is 4.31 Å². The summed E-state index contributed by atoms with van der Waals surface area (Å²) in [4.78, 5) is 20.1. The molecule has 0 saturated carbocycles. The minimum absolute atomic E-state index is 0.711. The van der Waals surface area contributed by atoms with Crippen molar-refractivity contribution < 1.29 is 9.59 Å². The molecule has 8 heavy (non-hydrogen) atoms. The molecule has 0 fully saturated rings. The lowest BCUT2D eigenvalue weighted by atomic mass is 10.6. The van der Waals surface area contributed by atoms with Crippen LogP contribution in [0.4, 0.5) is 0 Å². The van der Waals surface area contributed by atoms with E-state index in [2.05, 4.69) is 18.5 Å². The predicted molar refractivity (Wildman–Crippen MR) is 29.3 cm³/mol. The van der Waals surface area contributed by atoms with Crippen LogP contribution in [-0.2, 0) is 22.4 Å². The first-order chi connectivity index (χ1) is 3.55. The number of carbonyl (C=O) groups is 2. The number of rotatable bonds is 0. The van der Waals surface area contributed by atoms with Crippen molar-refractivity contribution in [3.63, 3.8) is 0 Å². The van der Waals surface area contributed by atoms with Crippen LogP contribution in [0.15, 0.2) is 0 Å². The van der Waals surface area contributed by atoms with E-state index < -0.39 is 11.8 Å². The van der Waals surface area contributed by atoms with Crippen LogP contribution >= 0.6 is 0 Å². The van der Waals surface area contributed by atoms with E-state index in [0.29, 0.717) is 4.31 Å². The summed E-state index contributed by atoms with van der Waals surface area (Å²) in [6.07, 6.45) is 0. The Labute approximate surface area is 52.2 Å². The minimum Gasteiger partial charge on any atom is -0.664 e. The Morgan fingerprint density at radius 3 is 2.00 bits per heavy atom. The highest BCUT2D eigenvalue weighted by Gasteiger charge is 2.03. The fourth-order valence-corrected chi connectivity index (χ4v) is 0.245. The van der Waals surface area contributed by atoms with Gasteiger partial charge in [0.25, 0.3) is 5.91 Å². The van der Waals surface area contributed by atoms with Crippen LogP contribution in [-0.4, -0.2) is 23.2 Å². The maximum Gasteiger partial charge on any atom is 0.305 e. The van der Waals surface area contributed by atoms with E-state index in [9.17, 15) is 9.59 Å². The second kappa shape index (κ2) is 2.56. The standard InChI is InChI=1S/C3H5N2O2S/c1-5(8)3(7)2(4)6/h1H3,(H2,4,6)/q-1. The largest absolute Gasteiger partial charge is 0.664 e. The van der Waals surface area contributed by atoms with Gasteiger partial charge in [-0.05, 0) is 7.05 Å². The maximum atomic E-state index is 10.2. The third-order valence-electron chi connectivity index (χ3n) is 0.497. The van der Waals surface area contributed by atoms with Crippen molar-refractivity contribution in [2.75, 3.05) is 7.05 Å². The van der Waals surface area contributed by atoms with Crippen LogP contribution in [0.25, 0.3) is 0 Å². The van der Waals surface area contributed by atoms with Gasteiger partial charge in [0.1, 0.15) is 0 Å². The Morgan fingerprint density at radius 2 is 2.00 bits per heavy atom.